The largest absolute Gasteiger partial charge is 0.303 e. The van der Waals surface area contributed by atoms with E-state index >= 15 is 0 Å². The number of hydrogen-bond acceptors (Lipinski definition) is 1. The standard InChI is InChI=1S/C19H23N/c1-13-5-4-6-17(11-13)15(3)20-19-10-9-16-8-7-14(2)12-18(16)19/h4-8,11-12,15,19-20H,9-10H2,1-3H3/t15-,19?/m0/s1. The van der Waals surface area contributed by atoms with Crippen LogP contribution in [0.3, 0.4) is 0 Å². The van der Waals surface area contributed by atoms with Gasteiger partial charge in [0.05, 0.1) is 0 Å². The van der Waals surface area contributed by atoms with Crippen LogP contribution in [-0.4, -0.2) is 0 Å². The minimum atomic E-state index is 0.395. The fourth-order valence-electron chi connectivity index (χ4n) is 3.23. The minimum Gasteiger partial charge on any atom is -0.303 e. The molecule has 0 aliphatic heterocycles. The van der Waals surface area contributed by atoms with Gasteiger partial charge in [0.2, 0.25) is 0 Å². The summed E-state index contributed by atoms with van der Waals surface area (Å²) in [5.74, 6) is 0. The van der Waals surface area contributed by atoms with E-state index in [0.717, 1.165) is 0 Å². The second kappa shape index (κ2) is 5.41. The number of nitrogens with one attached hydrogen (secondary N) is 1. The van der Waals surface area contributed by atoms with Gasteiger partial charge in [-0.05, 0) is 50.3 Å². The van der Waals surface area contributed by atoms with Crippen molar-refractivity contribution in [1.29, 1.82) is 0 Å². The Bertz CT molecular complexity index is 615. The first kappa shape index (κ1) is 13.4. The molecular formula is C19H23N. The van der Waals surface area contributed by atoms with Crippen LogP contribution in [0.1, 0.15) is 53.2 Å². The van der Waals surface area contributed by atoms with Crippen molar-refractivity contribution in [3.05, 3.63) is 70.3 Å². The van der Waals surface area contributed by atoms with Crippen LogP contribution in [0.2, 0.25) is 0 Å². The highest BCUT2D eigenvalue weighted by atomic mass is 14.9. The first-order valence-corrected chi connectivity index (χ1v) is 7.55. The van der Waals surface area contributed by atoms with Gasteiger partial charge in [-0.15, -0.1) is 0 Å². The van der Waals surface area contributed by atoms with E-state index in [-0.39, 0.29) is 0 Å². The Kier molecular flexibility index (Phi) is 3.62. The van der Waals surface area contributed by atoms with Gasteiger partial charge in [-0.2, -0.15) is 0 Å². The van der Waals surface area contributed by atoms with Crippen molar-refractivity contribution in [2.75, 3.05) is 0 Å². The molecule has 1 heteroatoms. The van der Waals surface area contributed by atoms with Crippen molar-refractivity contribution in [2.45, 2.75) is 45.7 Å². The van der Waals surface area contributed by atoms with Crippen molar-refractivity contribution in [1.82, 2.24) is 5.32 Å². The average Bonchev–Trinajstić information content (AvgIpc) is 2.81. The van der Waals surface area contributed by atoms with Crippen molar-refractivity contribution in [3.8, 4) is 0 Å². The van der Waals surface area contributed by atoms with Gasteiger partial charge < -0.3 is 5.32 Å². The molecule has 0 heterocycles. The third-order valence-corrected chi connectivity index (χ3v) is 4.37. The molecule has 0 fully saturated rings. The molecule has 0 radical (unpaired) electrons. The number of hydrogen-bond donors (Lipinski definition) is 1. The monoisotopic (exact) mass is 265 g/mol. The summed E-state index contributed by atoms with van der Waals surface area (Å²) in [6.45, 7) is 6.60. The van der Waals surface area contributed by atoms with E-state index in [0.29, 0.717) is 12.1 Å². The Morgan fingerprint density at radius 2 is 1.85 bits per heavy atom. The lowest BCUT2D eigenvalue weighted by Gasteiger charge is -2.21. The van der Waals surface area contributed by atoms with Crippen molar-refractivity contribution >= 4 is 0 Å². The molecule has 20 heavy (non-hydrogen) atoms. The molecule has 0 amide bonds. The molecule has 2 aromatic rings. The summed E-state index contributed by atoms with van der Waals surface area (Å²) in [7, 11) is 0. The Morgan fingerprint density at radius 1 is 1.05 bits per heavy atom. The van der Waals surface area contributed by atoms with E-state index in [1.54, 1.807) is 0 Å². The zero-order valence-corrected chi connectivity index (χ0v) is 12.6. The van der Waals surface area contributed by atoms with Gasteiger partial charge in [0, 0.05) is 12.1 Å². The Hall–Kier alpha value is -1.60. The molecule has 1 unspecified atom stereocenters. The molecular weight excluding hydrogens is 242 g/mol. The highest BCUT2D eigenvalue weighted by Crippen LogP contribution is 2.33. The first-order valence-electron chi connectivity index (χ1n) is 7.55. The van der Waals surface area contributed by atoms with E-state index in [9.17, 15) is 0 Å². The maximum absolute atomic E-state index is 3.81. The SMILES string of the molecule is Cc1cccc([C@H](C)NC2CCc3ccc(C)cc32)c1. The van der Waals surface area contributed by atoms with Crippen molar-refractivity contribution in [2.24, 2.45) is 0 Å². The molecule has 1 aliphatic rings. The van der Waals surface area contributed by atoms with Crippen LogP contribution in [-0.2, 0) is 6.42 Å². The first-order chi connectivity index (χ1) is 9.63. The summed E-state index contributed by atoms with van der Waals surface area (Å²) in [4.78, 5) is 0. The van der Waals surface area contributed by atoms with Gasteiger partial charge in [-0.1, -0.05) is 53.6 Å². The van der Waals surface area contributed by atoms with E-state index in [1.165, 1.54) is 40.7 Å². The zero-order valence-electron chi connectivity index (χ0n) is 12.6. The zero-order chi connectivity index (χ0) is 14.1. The van der Waals surface area contributed by atoms with Gasteiger partial charge in [0.15, 0.2) is 0 Å². The minimum absolute atomic E-state index is 0.395. The third kappa shape index (κ3) is 2.64. The van der Waals surface area contributed by atoms with Crippen LogP contribution in [0, 0.1) is 13.8 Å². The van der Waals surface area contributed by atoms with Crippen LogP contribution in [0.15, 0.2) is 42.5 Å². The van der Waals surface area contributed by atoms with Crippen molar-refractivity contribution < 1.29 is 0 Å². The maximum atomic E-state index is 3.81. The van der Waals surface area contributed by atoms with Gasteiger partial charge in [0.1, 0.15) is 0 Å². The van der Waals surface area contributed by atoms with Gasteiger partial charge in [-0.3, -0.25) is 0 Å². The summed E-state index contributed by atoms with van der Waals surface area (Å²) in [5.41, 5.74) is 7.10. The maximum Gasteiger partial charge on any atom is 0.0331 e. The quantitative estimate of drug-likeness (QED) is 0.852. The molecule has 2 atom stereocenters. The van der Waals surface area contributed by atoms with Crippen LogP contribution >= 0.6 is 0 Å². The molecule has 0 aromatic heterocycles. The topological polar surface area (TPSA) is 12.0 Å². The highest BCUT2D eigenvalue weighted by Gasteiger charge is 2.23. The van der Waals surface area contributed by atoms with E-state index in [4.69, 9.17) is 0 Å². The van der Waals surface area contributed by atoms with E-state index < -0.39 is 0 Å². The summed E-state index contributed by atoms with van der Waals surface area (Å²) in [6.07, 6.45) is 2.42. The lowest BCUT2D eigenvalue weighted by atomic mass is 10.0. The number of aryl methyl sites for hydroxylation is 3. The normalized spacial score (nSPS) is 18.9. The van der Waals surface area contributed by atoms with Crippen LogP contribution in [0.5, 0.6) is 0 Å². The average molecular weight is 265 g/mol. The Balaban J connectivity index is 1.78. The molecule has 0 saturated heterocycles. The predicted molar refractivity (Wildman–Crippen MR) is 85.0 cm³/mol. The van der Waals surface area contributed by atoms with Gasteiger partial charge in [-0.25, -0.2) is 0 Å². The number of benzene rings is 2. The molecule has 0 bridgehead atoms. The molecule has 0 spiro atoms. The summed E-state index contributed by atoms with van der Waals surface area (Å²) in [5, 5.41) is 3.81. The smallest absolute Gasteiger partial charge is 0.0331 e. The molecule has 1 nitrogen and oxygen atoms in total. The molecule has 0 saturated carbocycles. The highest BCUT2D eigenvalue weighted by molar-refractivity contribution is 5.38. The summed E-state index contributed by atoms with van der Waals surface area (Å²) < 4.78 is 0. The summed E-state index contributed by atoms with van der Waals surface area (Å²) >= 11 is 0. The van der Waals surface area contributed by atoms with Crippen LogP contribution in [0.4, 0.5) is 0 Å². The molecule has 3 rings (SSSR count). The van der Waals surface area contributed by atoms with Crippen molar-refractivity contribution in [3.63, 3.8) is 0 Å². The van der Waals surface area contributed by atoms with E-state index in [2.05, 4.69) is 68.6 Å². The third-order valence-electron chi connectivity index (χ3n) is 4.37. The Labute approximate surface area is 122 Å². The lowest BCUT2D eigenvalue weighted by molar-refractivity contribution is 0.464. The predicted octanol–water partition coefficient (Wildman–Crippen LogP) is 4.64. The van der Waals surface area contributed by atoms with Gasteiger partial charge >= 0.3 is 0 Å². The van der Waals surface area contributed by atoms with E-state index in [1.807, 2.05) is 0 Å². The molecule has 104 valence electrons. The fraction of sp³-hybridized carbons (Fsp3) is 0.368. The molecule has 1 N–H and O–H groups in total. The lowest BCUT2D eigenvalue weighted by Crippen LogP contribution is -2.23. The van der Waals surface area contributed by atoms with Gasteiger partial charge in [0.25, 0.3) is 0 Å². The number of fused-ring (bicyclic) bond motifs is 1. The van der Waals surface area contributed by atoms with Crippen LogP contribution in [0.25, 0.3) is 0 Å². The molecule has 2 aromatic carbocycles. The van der Waals surface area contributed by atoms with Crippen LogP contribution < -0.4 is 5.32 Å². The molecule has 1 aliphatic carbocycles. The summed E-state index contributed by atoms with van der Waals surface area (Å²) in [6, 6.07) is 16.6. The second-order valence-corrected chi connectivity index (χ2v) is 6.10. The second-order valence-electron chi connectivity index (χ2n) is 6.10. The Morgan fingerprint density at radius 3 is 2.65 bits per heavy atom. The fourth-order valence-corrected chi connectivity index (χ4v) is 3.23. The number of rotatable bonds is 3.